The van der Waals surface area contributed by atoms with Crippen LogP contribution in [0.2, 0.25) is 0 Å². The van der Waals surface area contributed by atoms with Gasteiger partial charge < -0.3 is 10.1 Å². The van der Waals surface area contributed by atoms with E-state index in [0.29, 0.717) is 13.0 Å². The van der Waals surface area contributed by atoms with Crippen molar-refractivity contribution in [1.29, 1.82) is 0 Å². The summed E-state index contributed by atoms with van der Waals surface area (Å²) in [6.45, 7) is 5.52. The first kappa shape index (κ1) is 20.8. The van der Waals surface area contributed by atoms with E-state index in [9.17, 15) is 4.79 Å². The lowest BCUT2D eigenvalue weighted by Crippen LogP contribution is -2.24. The Balaban J connectivity index is 1.24. The molecule has 1 heterocycles. The summed E-state index contributed by atoms with van der Waals surface area (Å²) in [4.78, 5) is 18.2. The van der Waals surface area contributed by atoms with E-state index in [1.165, 1.54) is 40.4 Å². The Kier molecular flexibility index (Phi) is 7.90. The molecule has 0 atom stereocenters. The molecule has 0 bridgehead atoms. The second-order valence-corrected chi connectivity index (χ2v) is 8.88. The number of rotatable bonds is 10. The lowest BCUT2D eigenvalue weighted by molar-refractivity contribution is -0.121. The number of aryl methyl sites for hydroxylation is 5. The van der Waals surface area contributed by atoms with Crippen LogP contribution in [0, 0.1) is 13.8 Å². The summed E-state index contributed by atoms with van der Waals surface area (Å²) in [7, 11) is 0. The van der Waals surface area contributed by atoms with Crippen LogP contribution in [0.25, 0.3) is 0 Å². The Morgan fingerprint density at radius 3 is 2.89 bits per heavy atom. The van der Waals surface area contributed by atoms with Crippen LogP contribution in [0.15, 0.2) is 18.2 Å². The molecule has 0 fully saturated rings. The minimum atomic E-state index is 0.144. The summed E-state index contributed by atoms with van der Waals surface area (Å²) >= 11 is 1.88. The van der Waals surface area contributed by atoms with Gasteiger partial charge in [-0.1, -0.05) is 12.1 Å². The quantitative estimate of drug-likeness (QED) is 0.575. The maximum atomic E-state index is 12.0. The zero-order valence-corrected chi connectivity index (χ0v) is 18.0. The molecule has 0 unspecified atom stereocenters. The predicted molar refractivity (Wildman–Crippen MR) is 115 cm³/mol. The van der Waals surface area contributed by atoms with Gasteiger partial charge in [0, 0.05) is 24.3 Å². The fraction of sp³-hybridized carbons (Fsp3) is 0.565. The highest BCUT2D eigenvalue weighted by Gasteiger charge is 2.14. The van der Waals surface area contributed by atoms with Crippen LogP contribution in [0.4, 0.5) is 0 Å². The van der Waals surface area contributed by atoms with Gasteiger partial charge in [-0.2, -0.15) is 0 Å². The van der Waals surface area contributed by atoms with E-state index < -0.39 is 0 Å². The molecule has 2 aromatic rings. The van der Waals surface area contributed by atoms with E-state index in [2.05, 4.69) is 37.4 Å². The van der Waals surface area contributed by atoms with Gasteiger partial charge in [0.05, 0.1) is 17.3 Å². The van der Waals surface area contributed by atoms with Crippen molar-refractivity contribution < 1.29 is 9.53 Å². The average Bonchev–Trinajstić information content (AvgIpc) is 3.10. The molecule has 1 aliphatic rings. The van der Waals surface area contributed by atoms with E-state index in [0.717, 1.165) is 50.0 Å². The highest BCUT2D eigenvalue weighted by molar-refractivity contribution is 7.11. The Labute approximate surface area is 172 Å². The van der Waals surface area contributed by atoms with Gasteiger partial charge in [0.25, 0.3) is 0 Å². The number of unbranched alkanes of at least 4 members (excludes halogenated alkanes) is 1. The second kappa shape index (κ2) is 10.6. The first-order valence-electron chi connectivity index (χ1n) is 10.6. The van der Waals surface area contributed by atoms with Crippen LogP contribution in [0.5, 0.6) is 5.75 Å². The van der Waals surface area contributed by atoms with Crippen LogP contribution in [0.1, 0.15) is 65.2 Å². The lowest BCUT2D eigenvalue weighted by Gasteiger charge is -2.10. The van der Waals surface area contributed by atoms with Crippen LogP contribution in [-0.2, 0) is 24.1 Å². The van der Waals surface area contributed by atoms with Gasteiger partial charge >= 0.3 is 0 Å². The second-order valence-electron chi connectivity index (χ2n) is 7.71. The van der Waals surface area contributed by atoms with Gasteiger partial charge in [0.15, 0.2) is 0 Å². The molecule has 152 valence electrons. The molecule has 5 heteroatoms. The summed E-state index contributed by atoms with van der Waals surface area (Å²) in [5, 5.41) is 4.28. The fourth-order valence-corrected chi connectivity index (χ4v) is 4.70. The zero-order valence-electron chi connectivity index (χ0n) is 17.2. The average molecular weight is 401 g/mol. The van der Waals surface area contributed by atoms with Gasteiger partial charge in [-0.3, -0.25) is 4.79 Å². The van der Waals surface area contributed by atoms with Crippen molar-refractivity contribution in [3.8, 4) is 5.75 Å². The van der Waals surface area contributed by atoms with E-state index in [1.807, 2.05) is 11.3 Å². The minimum absolute atomic E-state index is 0.144. The third-order valence-corrected chi connectivity index (χ3v) is 6.40. The first-order valence-corrected chi connectivity index (χ1v) is 11.4. The van der Waals surface area contributed by atoms with Crippen LogP contribution in [0.3, 0.4) is 0 Å². The summed E-state index contributed by atoms with van der Waals surface area (Å²) in [5.74, 6) is 1.10. The summed E-state index contributed by atoms with van der Waals surface area (Å²) in [6, 6.07) is 6.25. The molecule has 0 radical (unpaired) electrons. The highest BCUT2D eigenvalue weighted by atomic mass is 32.1. The number of nitrogens with zero attached hydrogens (tertiary/aromatic N) is 1. The molecule has 4 nitrogen and oxygen atoms in total. The molecule has 3 rings (SSSR count). The van der Waals surface area contributed by atoms with Gasteiger partial charge in [0.2, 0.25) is 5.91 Å². The minimum Gasteiger partial charge on any atom is -0.493 e. The first-order chi connectivity index (χ1) is 13.6. The number of carbonyl (C=O) groups excluding carboxylic acids is 1. The van der Waals surface area contributed by atoms with Crippen molar-refractivity contribution >= 4 is 17.2 Å². The topological polar surface area (TPSA) is 51.2 Å². The van der Waals surface area contributed by atoms with Gasteiger partial charge in [-0.25, -0.2) is 4.98 Å². The van der Waals surface area contributed by atoms with E-state index >= 15 is 0 Å². The standard InChI is InChI=1S/C23H32N2O2S/c1-17-12-13-18(2)20(16-17)27-15-6-5-10-22(26)24-14-7-11-23-25-19-8-3-4-9-21(19)28-23/h12-13,16H,3-11,14-15H2,1-2H3,(H,24,26). The van der Waals surface area contributed by atoms with Crippen LogP contribution in [-0.4, -0.2) is 24.0 Å². The van der Waals surface area contributed by atoms with Crippen LogP contribution >= 0.6 is 11.3 Å². The van der Waals surface area contributed by atoms with E-state index in [4.69, 9.17) is 9.72 Å². The molecule has 1 aromatic carbocycles. The van der Waals surface area contributed by atoms with Crippen molar-refractivity contribution in [3.05, 3.63) is 44.9 Å². The molecule has 0 saturated heterocycles. The maximum Gasteiger partial charge on any atom is 0.219 e. The number of carbonyl (C=O) groups is 1. The maximum absolute atomic E-state index is 12.0. The van der Waals surface area contributed by atoms with Crippen molar-refractivity contribution in [2.24, 2.45) is 0 Å². The molecule has 1 aromatic heterocycles. The van der Waals surface area contributed by atoms with Crippen molar-refractivity contribution in [2.75, 3.05) is 13.2 Å². The van der Waals surface area contributed by atoms with Crippen molar-refractivity contribution in [1.82, 2.24) is 10.3 Å². The Morgan fingerprint density at radius 2 is 2.04 bits per heavy atom. The number of hydrogen-bond acceptors (Lipinski definition) is 4. The number of amides is 1. The van der Waals surface area contributed by atoms with Crippen molar-refractivity contribution in [2.45, 2.75) is 71.6 Å². The van der Waals surface area contributed by atoms with Crippen molar-refractivity contribution in [3.63, 3.8) is 0 Å². The van der Waals surface area contributed by atoms with Crippen LogP contribution < -0.4 is 10.1 Å². The number of ether oxygens (including phenoxy) is 1. The number of aromatic nitrogens is 1. The normalized spacial score (nSPS) is 13.2. The van der Waals surface area contributed by atoms with E-state index in [1.54, 1.807) is 0 Å². The summed E-state index contributed by atoms with van der Waals surface area (Å²) in [5.41, 5.74) is 3.70. The SMILES string of the molecule is Cc1ccc(C)c(OCCCCC(=O)NCCCc2nc3c(s2)CCCC3)c1. The Morgan fingerprint density at radius 1 is 1.18 bits per heavy atom. The highest BCUT2D eigenvalue weighted by Crippen LogP contribution is 2.27. The number of fused-ring (bicyclic) bond motifs is 1. The lowest BCUT2D eigenvalue weighted by atomic mass is 10.0. The molecular weight excluding hydrogens is 368 g/mol. The Bertz CT molecular complexity index is 761. The van der Waals surface area contributed by atoms with Gasteiger partial charge in [-0.05, 0) is 76.0 Å². The number of benzene rings is 1. The van der Waals surface area contributed by atoms with Gasteiger partial charge in [0.1, 0.15) is 5.75 Å². The fourth-order valence-electron chi connectivity index (χ4n) is 3.50. The molecule has 1 amide bonds. The largest absolute Gasteiger partial charge is 0.493 e. The number of thiazole rings is 1. The molecular formula is C23H32N2O2S. The Hall–Kier alpha value is -1.88. The smallest absolute Gasteiger partial charge is 0.219 e. The number of hydrogen-bond donors (Lipinski definition) is 1. The number of nitrogens with one attached hydrogen (secondary N) is 1. The third-order valence-electron chi connectivity index (χ3n) is 5.18. The molecule has 28 heavy (non-hydrogen) atoms. The summed E-state index contributed by atoms with van der Waals surface area (Å²) < 4.78 is 5.84. The summed E-state index contributed by atoms with van der Waals surface area (Å²) in [6.07, 6.45) is 9.20. The predicted octanol–water partition coefficient (Wildman–Crippen LogP) is 4.94. The van der Waals surface area contributed by atoms with Gasteiger partial charge in [-0.15, -0.1) is 11.3 Å². The zero-order chi connectivity index (χ0) is 19.8. The van der Waals surface area contributed by atoms with E-state index in [-0.39, 0.29) is 5.91 Å². The molecule has 1 N–H and O–H groups in total. The molecule has 0 aliphatic heterocycles. The molecule has 0 spiro atoms. The third kappa shape index (κ3) is 6.33. The molecule has 0 saturated carbocycles. The molecule has 1 aliphatic carbocycles. The monoisotopic (exact) mass is 400 g/mol.